The zero-order chi connectivity index (χ0) is 28.3. The third kappa shape index (κ3) is 12.2. The van der Waals surface area contributed by atoms with Gasteiger partial charge in [-0.05, 0) is 18.2 Å². The zero-order valence-corrected chi connectivity index (χ0v) is 32.7. The van der Waals surface area contributed by atoms with Crippen LogP contribution in [0.1, 0.15) is 26.5 Å². The molecule has 208 valence electrons. The molecule has 24 heteroatoms. The van der Waals surface area contributed by atoms with Crippen molar-refractivity contribution >= 4 is 72.2 Å². The largest absolute Gasteiger partial charge is 1.00 e. The molecule has 0 radical (unpaired) electrons. The smallest absolute Gasteiger partial charge is 0.748 e. The first kappa shape index (κ1) is 41.8. The number of aromatic nitrogens is 4. The van der Waals surface area contributed by atoms with Gasteiger partial charge in [0.1, 0.15) is 10.1 Å². The molecule has 3 aromatic rings. The average Bonchev–Trinajstić information content (AvgIpc) is 3.38. The Bertz CT molecular complexity index is 1560. The summed E-state index contributed by atoms with van der Waals surface area (Å²) in [6.07, 6.45) is 0. The standard InChI is InChI=1S/C17H21N7O9S5.3Na/c1-17(2,3)13-12(20-21-15-19-16(23-35-15)34-6-7-37(26,27)28)14(18)24(22-13)10-8-9(38(29,30)31)4-5-11(10)36-33-32-25;;;/h4-5,8,25H,6-7,18H2,1-3H3,(H,26,27,28)(H,29,30,31);;;/q;3*+1/p-3. The fraction of sp³-hybridized carbons (Fsp3) is 0.353. The van der Waals surface area contributed by atoms with Gasteiger partial charge >= 0.3 is 88.7 Å². The van der Waals surface area contributed by atoms with E-state index in [4.69, 9.17) is 5.73 Å². The van der Waals surface area contributed by atoms with E-state index >= 15 is 0 Å². The number of nitrogens with two attached hydrogens (primary N) is 1. The maximum Gasteiger partial charge on any atom is 1.00 e. The second-order valence-electron chi connectivity index (χ2n) is 8.22. The topological polar surface area (TPSA) is 250 Å². The molecule has 1 aromatic carbocycles. The van der Waals surface area contributed by atoms with Gasteiger partial charge in [0.15, 0.2) is 11.5 Å². The van der Waals surface area contributed by atoms with Crippen LogP contribution in [0.4, 0.5) is 16.6 Å². The van der Waals surface area contributed by atoms with Crippen molar-refractivity contribution in [2.75, 3.05) is 17.2 Å². The Balaban J connectivity index is 0.00000533. The number of nitrogens with zero attached hydrogens (tertiary/aromatic N) is 6. The van der Waals surface area contributed by atoms with E-state index in [1.807, 2.05) is 20.8 Å². The normalized spacial score (nSPS) is 12.0. The molecule has 0 spiro atoms. The van der Waals surface area contributed by atoms with Crippen molar-refractivity contribution in [2.24, 2.45) is 10.2 Å². The van der Waals surface area contributed by atoms with Gasteiger partial charge < -0.3 is 20.1 Å². The quantitative estimate of drug-likeness (QED) is 0.0373. The van der Waals surface area contributed by atoms with Crippen molar-refractivity contribution in [2.45, 2.75) is 41.1 Å². The SMILES string of the molecule is CC(C)(C)c1nn(-c2cc(S(=O)(=O)[O-])ccc2SOO[O-])c(N)c1N=Nc1nc(SCCS(=O)(=O)[O-])ns1.[Na+].[Na+].[Na+]. The van der Waals surface area contributed by atoms with Gasteiger partial charge in [0, 0.05) is 28.5 Å². The molecule has 0 bridgehead atoms. The van der Waals surface area contributed by atoms with Crippen molar-refractivity contribution in [1.29, 1.82) is 0 Å². The molecule has 0 atom stereocenters. The van der Waals surface area contributed by atoms with Crippen LogP contribution in [0.3, 0.4) is 0 Å². The zero-order valence-electron chi connectivity index (χ0n) is 22.6. The molecular formula is C17H18N7Na3O9S5. The van der Waals surface area contributed by atoms with E-state index < -0.39 is 36.3 Å². The molecule has 2 N–H and O–H groups in total. The van der Waals surface area contributed by atoms with Crippen LogP contribution < -0.4 is 99.7 Å². The molecule has 3 rings (SSSR count). The van der Waals surface area contributed by atoms with E-state index in [1.165, 1.54) is 6.07 Å². The maximum atomic E-state index is 11.6. The van der Waals surface area contributed by atoms with Gasteiger partial charge in [-0.25, -0.2) is 21.5 Å². The fourth-order valence-corrected chi connectivity index (χ4v) is 5.99. The predicted molar refractivity (Wildman–Crippen MR) is 132 cm³/mol. The number of azo groups is 1. The minimum atomic E-state index is -4.86. The van der Waals surface area contributed by atoms with E-state index in [0.29, 0.717) is 17.7 Å². The monoisotopic (exact) mass is 693 g/mol. The molecule has 16 nitrogen and oxygen atoms in total. The minimum absolute atomic E-state index is 0. The number of nitrogen functional groups attached to an aromatic ring is 1. The molecule has 0 saturated heterocycles. The Morgan fingerprint density at radius 2 is 1.78 bits per heavy atom. The number of hydrogen-bond acceptors (Lipinski definition) is 18. The Labute approximate surface area is 314 Å². The molecule has 2 heterocycles. The first-order valence-corrected chi connectivity index (χ1v) is 15.5. The third-order valence-electron chi connectivity index (χ3n) is 4.40. The molecule has 0 aliphatic carbocycles. The van der Waals surface area contributed by atoms with E-state index in [-0.39, 0.29) is 127 Å². The van der Waals surface area contributed by atoms with Gasteiger partial charge in [-0.3, -0.25) is 5.04 Å². The Morgan fingerprint density at radius 3 is 2.34 bits per heavy atom. The average molecular weight is 694 g/mol. The van der Waals surface area contributed by atoms with Gasteiger partial charge in [-0.15, -0.1) is 10.2 Å². The van der Waals surface area contributed by atoms with E-state index in [1.54, 1.807) is 0 Å². The van der Waals surface area contributed by atoms with Gasteiger partial charge in [-0.1, -0.05) is 32.5 Å². The minimum Gasteiger partial charge on any atom is -0.748 e. The van der Waals surface area contributed by atoms with E-state index in [2.05, 4.69) is 34.1 Å². The van der Waals surface area contributed by atoms with E-state index in [0.717, 1.165) is 40.1 Å². The fourth-order valence-electron chi connectivity index (χ4n) is 2.78. The summed E-state index contributed by atoms with van der Waals surface area (Å²) in [5, 5.41) is 26.6. The van der Waals surface area contributed by atoms with Gasteiger partial charge in [0.25, 0.3) is 0 Å². The van der Waals surface area contributed by atoms with Gasteiger partial charge in [0.05, 0.1) is 43.3 Å². The van der Waals surface area contributed by atoms with Crippen LogP contribution in [0.2, 0.25) is 0 Å². The Morgan fingerprint density at radius 1 is 1.12 bits per heavy atom. The van der Waals surface area contributed by atoms with E-state index in [9.17, 15) is 31.2 Å². The summed E-state index contributed by atoms with van der Waals surface area (Å²) < 4.78 is 76.5. The predicted octanol–water partition coefficient (Wildman–Crippen LogP) is -7.20. The molecule has 0 fully saturated rings. The second-order valence-corrected chi connectivity index (χ2v) is 13.7. The van der Waals surface area contributed by atoms with Crippen LogP contribution in [0.25, 0.3) is 5.69 Å². The van der Waals surface area contributed by atoms with Gasteiger partial charge in [0.2, 0.25) is 10.3 Å². The summed E-state index contributed by atoms with van der Waals surface area (Å²) >= 11 is 2.26. The van der Waals surface area contributed by atoms with Gasteiger partial charge in [-0.2, -0.15) is 18.8 Å². The number of rotatable bonds is 11. The molecule has 0 unspecified atom stereocenters. The molecule has 0 aliphatic rings. The number of hydrogen-bond donors (Lipinski definition) is 1. The summed E-state index contributed by atoms with van der Waals surface area (Å²) in [6.45, 7) is 5.43. The van der Waals surface area contributed by atoms with Crippen molar-refractivity contribution in [1.82, 2.24) is 19.1 Å². The van der Waals surface area contributed by atoms with Crippen molar-refractivity contribution in [3.8, 4) is 5.69 Å². The van der Waals surface area contributed by atoms with Crippen LogP contribution in [0.5, 0.6) is 0 Å². The van der Waals surface area contributed by atoms with Crippen LogP contribution in [0, 0.1) is 0 Å². The first-order chi connectivity index (χ1) is 17.6. The number of anilines is 1. The van der Waals surface area contributed by atoms with Crippen molar-refractivity contribution < 1.29 is 129 Å². The Kier molecular flexibility index (Phi) is 17.8. The van der Waals surface area contributed by atoms with Crippen LogP contribution >= 0.6 is 35.3 Å². The Hall–Kier alpha value is 0.790. The van der Waals surface area contributed by atoms with Crippen LogP contribution in [-0.2, 0) is 35.0 Å². The summed E-state index contributed by atoms with van der Waals surface area (Å²) in [5.74, 6) is -0.713. The first-order valence-electron chi connectivity index (χ1n) is 10.0. The number of thioether (sulfide) groups is 1. The molecule has 0 saturated carbocycles. The summed E-state index contributed by atoms with van der Waals surface area (Å²) in [4.78, 5) is 3.65. The maximum absolute atomic E-state index is 11.6. The molecule has 2 aromatic heterocycles. The van der Waals surface area contributed by atoms with Crippen LogP contribution in [0.15, 0.2) is 43.4 Å². The molecular weight excluding hydrogens is 676 g/mol. The summed E-state index contributed by atoms with van der Waals surface area (Å²) in [5.41, 5.74) is 6.09. The van der Waals surface area contributed by atoms with Crippen LogP contribution in [-0.4, -0.2) is 56.6 Å². The molecule has 41 heavy (non-hydrogen) atoms. The summed E-state index contributed by atoms with van der Waals surface area (Å²) in [7, 11) is -9.23. The molecule has 0 amide bonds. The second kappa shape index (κ2) is 17.5. The third-order valence-corrected chi connectivity index (χ3v) is 8.41. The van der Waals surface area contributed by atoms with Crippen molar-refractivity contribution in [3.63, 3.8) is 0 Å². The summed E-state index contributed by atoms with van der Waals surface area (Å²) in [6, 6.07) is 3.23. The van der Waals surface area contributed by atoms with Crippen molar-refractivity contribution in [3.05, 3.63) is 23.9 Å². The molecule has 0 aliphatic heterocycles. The number of benzene rings is 1.